The normalized spacial score (nSPS) is 15.9. The van der Waals surface area contributed by atoms with E-state index in [0.717, 1.165) is 12.1 Å². The van der Waals surface area contributed by atoms with E-state index in [1.54, 1.807) is 6.07 Å². The number of hydrogen-bond acceptors (Lipinski definition) is 4. The number of alkyl halides is 2. The Bertz CT molecular complexity index is 1170. The molecule has 0 aromatic heterocycles. The van der Waals surface area contributed by atoms with Crippen LogP contribution in [0.25, 0.3) is 0 Å². The smallest absolute Gasteiger partial charge is 0.257 e. The van der Waals surface area contributed by atoms with Gasteiger partial charge in [0.1, 0.15) is 22.3 Å². The molecule has 0 unspecified atom stereocenters. The molecular weight excluding hydrogens is 489 g/mol. The molecule has 3 amide bonds. The summed E-state index contributed by atoms with van der Waals surface area (Å²) in [6.45, 7) is 0. The fourth-order valence-electron chi connectivity index (χ4n) is 2.71. The molecule has 0 radical (unpaired) electrons. The first-order valence-electron chi connectivity index (χ1n) is 8.98. The van der Waals surface area contributed by atoms with E-state index in [9.17, 15) is 23.2 Å². The van der Waals surface area contributed by atoms with Gasteiger partial charge in [-0.05, 0) is 36.8 Å². The molecule has 1 aliphatic carbocycles. The fourth-order valence-corrected chi connectivity index (χ4v) is 3.42. The highest BCUT2D eigenvalue weighted by molar-refractivity contribution is 6.52. The molecule has 2 aromatic rings. The first-order chi connectivity index (χ1) is 15.0. The molecule has 1 aliphatic rings. The van der Waals surface area contributed by atoms with Crippen LogP contribution in [0.15, 0.2) is 30.3 Å². The predicted molar refractivity (Wildman–Crippen MR) is 116 cm³/mol. The average Bonchev–Trinajstić information content (AvgIpc) is 3.37. The number of nitrogens with zero attached hydrogens (tertiary/aromatic N) is 1. The fraction of sp³-hybridized carbons (Fsp3) is 0.200. The molecule has 0 bridgehead atoms. The molecule has 7 nitrogen and oxygen atoms in total. The zero-order chi connectivity index (χ0) is 23.6. The lowest BCUT2D eigenvalue weighted by molar-refractivity contribution is -0.117. The lowest BCUT2D eigenvalue weighted by Gasteiger charge is -2.13. The number of nitriles is 1. The van der Waals surface area contributed by atoms with Gasteiger partial charge in [-0.1, -0.05) is 11.6 Å². The van der Waals surface area contributed by atoms with Gasteiger partial charge < -0.3 is 16.0 Å². The third kappa shape index (κ3) is 5.27. The van der Waals surface area contributed by atoms with Crippen LogP contribution in [0.2, 0.25) is 5.02 Å². The van der Waals surface area contributed by atoms with E-state index in [-0.39, 0.29) is 16.3 Å². The molecule has 3 N–H and O–H groups in total. The van der Waals surface area contributed by atoms with Crippen molar-refractivity contribution in [2.24, 2.45) is 5.92 Å². The van der Waals surface area contributed by atoms with Crippen molar-refractivity contribution in [1.29, 1.82) is 5.26 Å². The molecule has 3 rings (SSSR count). The Morgan fingerprint density at radius 3 is 2.44 bits per heavy atom. The van der Waals surface area contributed by atoms with E-state index < -0.39 is 57.4 Å². The topological polar surface area (TPSA) is 111 Å². The van der Waals surface area contributed by atoms with Gasteiger partial charge in [-0.2, -0.15) is 5.26 Å². The van der Waals surface area contributed by atoms with Crippen LogP contribution in [0.4, 0.5) is 25.8 Å². The van der Waals surface area contributed by atoms with Crippen LogP contribution in [0.1, 0.15) is 23.2 Å². The van der Waals surface area contributed by atoms with E-state index in [0.29, 0.717) is 6.42 Å². The number of hydrogen-bond donors (Lipinski definition) is 3. The second-order valence-electron chi connectivity index (χ2n) is 6.82. The number of halogens is 5. The predicted octanol–water partition coefficient (Wildman–Crippen LogP) is 4.85. The SMILES string of the molecule is N#CCC(=O)Nc1c(F)ccc(NC(=O)c2cc(NC(=O)[C@H]3CC3(Cl)Cl)ccc2Cl)c1F. The summed E-state index contributed by atoms with van der Waals surface area (Å²) in [5.74, 6) is -5.16. The van der Waals surface area contributed by atoms with Gasteiger partial charge in [0.15, 0.2) is 5.82 Å². The summed E-state index contributed by atoms with van der Waals surface area (Å²) in [4.78, 5) is 36.3. The van der Waals surface area contributed by atoms with Gasteiger partial charge in [-0.25, -0.2) is 8.78 Å². The van der Waals surface area contributed by atoms with Gasteiger partial charge in [-0.15, -0.1) is 23.2 Å². The summed E-state index contributed by atoms with van der Waals surface area (Å²) < 4.78 is 27.5. The zero-order valence-electron chi connectivity index (χ0n) is 15.9. The quantitative estimate of drug-likeness (QED) is 0.491. The number of carbonyl (C=O) groups is 3. The second kappa shape index (κ2) is 9.28. The summed E-state index contributed by atoms with van der Waals surface area (Å²) in [5, 5.41) is 15.2. The summed E-state index contributed by atoms with van der Waals surface area (Å²) in [5.41, 5.74) is -1.14. The average molecular weight is 502 g/mol. The molecule has 0 aliphatic heterocycles. The summed E-state index contributed by atoms with van der Waals surface area (Å²) in [6, 6.07) is 7.40. The third-order valence-electron chi connectivity index (χ3n) is 4.46. The van der Waals surface area contributed by atoms with Crippen molar-refractivity contribution in [3.05, 3.63) is 52.6 Å². The number of benzene rings is 2. The Hall–Kier alpha value is -2.93. The van der Waals surface area contributed by atoms with Crippen molar-refractivity contribution in [2.75, 3.05) is 16.0 Å². The van der Waals surface area contributed by atoms with Gasteiger partial charge in [-0.3, -0.25) is 14.4 Å². The lowest BCUT2D eigenvalue weighted by Crippen LogP contribution is -2.19. The van der Waals surface area contributed by atoms with Crippen LogP contribution in [-0.4, -0.2) is 22.1 Å². The van der Waals surface area contributed by atoms with Crippen molar-refractivity contribution in [2.45, 2.75) is 17.2 Å². The van der Waals surface area contributed by atoms with E-state index in [4.69, 9.17) is 40.1 Å². The highest BCUT2D eigenvalue weighted by Gasteiger charge is 2.56. The van der Waals surface area contributed by atoms with Gasteiger partial charge >= 0.3 is 0 Å². The van der Waals surface area contributed by atoms with Gasteiger partial charge in [0.25, 0.3) is 5.91 Å². The second-order valence-corrected chi connectivity index (χ2v) is 8.77. The summed E-state index contributed by atoms with van der Waals surface area (Å²) in [6.07, 6.45) is -0.320. The monoisotopic (exact) mass is 500 g/mol. The number of carbonyl (C=O) groups excluding carboxylic acids is 3. The van der Waals surface area contributed by atoms with Crippen LogP contribution in [0, 0.1) is 28.9 Å². The Morgan fingerprint density at radius 1 is 1.12 bits per heavy atom. The van der Waals surface area contributed by atoms with Crippen molar-refractivity contribution < 1.29 is 23.2 Å². The maximum Gasteiger partial charge on any atom is 0.257 e. The van der Waals surface area contributed by atoms with Crippen molar-refractivity contribution >= 4 is 69.6 Å². The lowest BCUT2D eigenvalue weighted by atomic mass is 10.1. The standard InChI is InChI=1S/C20H13Cl3F2N4O3/c21-12-2-1-9(27-19(32)11-8-20(11,22)23)7-10(12)18(31)28-14-4-3-13(24)17(16(14)25)29-15(30)5-6-26/h1-4,7,11H,5,8H2,(H,27,32)(H,28,31)(H,29,30)/t11-/m1/s1. The minimum Gasteiger partial charge on any atom is -0.326 e. The Morgan fingerprint density at radius 2 is 1.81 bits per heavy atom. The van der Waals surface area contributed by atoms with Crippen LogP contribution < -0.4 is 16.0 Å². The van der Waals surface area contributed by atoms with Crippen molar-refractivity contribution in [3.8, 4) is 6.07 Å². The summed E-state index contributed by atoms with van der Waals surface area (Å²) >= 11 is 17.8. The van der Waals surface area contributed by atoms with Crippen molar-refractivity contribution in [1.82, 2.24) is 0 Å². The van der Waals surface area contributed by atoms with Gasteiger partial charge in [0.2, 0.25) is 11.8 Å². The van der Waals surface area contributed by atoms with Gasteiger partial charge in [0.05, 0.1) is 28.3 Å². The van der Waals surface area contributed by atoms with Crippen LogP contribution >= 0.6 is 34.8 Å². The Labute approximate surface area is 195 Å². The van der Waals surface area contributed by atoms with E-state index in [1.165, 1.54) is 18.2 Å². The van der Waals surface area contributed by atoms with Crippen LogP contribution in [0.3, 0.4) is 0 Å². The van der Waals surface area contributed by atoms with E-state index in [2.05, 4.69) is 10.6 Å². The molecule has 12 heteroatoms. The largest absolute Gasteiger partial charge is 0.326 e. The zero-order valence-corrected chi connectivity index (χ0v) is 18.2. The highest BCUT2D eigenvalue weighted by atomic mass is 35.5. The first-order valence-corrected chi connectivity index (χ1v) is 10.1. The molecule has 166 valence electrons. The molecule has 0 saturated heterocycles. The number of rotatable bonds is 6. The number of anilines is 3. The third-order valence-corrected chi connectivity index (χ3v) is 5.63. The molecule has 0 heterocycles. The van der Waals surface area contributed by atoms with E-state index in [1.807, 2.05) is 5.32 Å². The molecule has 2 aromatic carbocycles. The Kier molecular flexibility index (Phi) is 6.88. The number of nitrogens with one attached hydrogen (secondary N) is 3. The summed E-state index contributed by atoms with van der Waals surface area (Å²) in [7, 11) is 0. The van der Waals surface area contributed by atoms with Gasteiger partial charge in [0, 0.05) is 5.69 Å². The molecule has 0 spiro atoms. The van der Waals surface area contributed by atoms with Crippen LogP contribution in [-0.2, 0) is 9.59 Å². The minimum atomic E-state index is -1.25. The Balaban J connectivity index is 1.79. The molecular formula is C20H13Cl3F2N4O3. The van der Waals surface area contributed by atoms with Crippen LogP contribution in [0.5, 0.6) is 0 Å². The first kappa shape index (κ1) is 23.7. The maximum absolute atomic E-state index is 14.7. The highest BCUT2D eigenvalue weighted by Crippen LogP contribution is 2.53. The molecule has 1 fully saturated rings. The maximum atomic E-state index is 14.7. The van der Waals surface area contributed by atoms with E-state index >= 15 is 0 Å². The van der Waals surface area contributed by atoms with Crippen molar-refractivity contribution in [3.63, 3.8) is 0 Å². The number of amides is 3. The molecule has 1 saturated carbocycles. The minimum absolute atomic E-state index is 0.000945. The molecule has 32 heavy (non-hydrogen) atoms. The molecule has 1 atom stereocenters.